The van der Waals surface area contributed by atoms with Crippen LogP contribution < -0.4 is 5.56 Å². The second kappa shape index (κ2) is 6.36. The number of halogens is 1. The van der Waals surface area contributed by atoms with Gasteiger partial charge >= 0.3 is 0 Å². The van der Waals surface area contributed by atoms with Crippen LogP contribution in [0.3, 0.4) is 0 Å². The molecule has 0 saturated carbocycles. The Morgan fingerprint density at radius 3 is 2.35 bits per heavy atom. The minimum atomic E-state index is -0.396. The molecular formula is C20H21FN2O3. The van der Waals surface area contributed by atoms with Gasteiger partial charge < -0.3 is 10.0 Å². The van der Waals surface area contributed by atoms with Crippen molar-refractivity contribution in [2.45, 2.75) is 50.8 Å². The smallest absolute Gasteiger partial charge is 0.268 e. The summed E-state index contributed by atoms with van der Waals surface area (Å²) in [5, 5.41) is 9.95. The Morgan fingerprint density at radius 2 is 1.73 bits per heavy atom. The molecule has 4 rings (SSSR count). The van der Waals surface area contributed by atoms with E-state index in [4.69, 9.17) is 0 Å². The molecule has 2 saturated heterocycles. The number of amides is 1. The zero-order valence-corrected chi connectivity index (χ0v) is 14.6. The summed E-state index contributed by atoms with van der Waals surface area (Å²) in [6, 6.07) is 7.33. The number of fused-ring (bicyclic) bond motifs is 2. The fourth-order valence-electron chi connectivity index (χ4n) is 4.30. The summed E-state index contributed by atoms with van der Waals surface area (Å²) < 4.78 is 14.5. The molecule has 2 fully saturated rings. The summed E-state index contributed by atoms with van der Waals surface area (Å²) in [7, 11) is 0. The molecule has 1 N–H and O–H groups in total. The Kier molecular flexibility index (Phi) is 4.15. The van der Waals surface area contributed by atoms with Crippen LogP contribution >= 0.6 is 0 Å². The Labute approximate surface area is 150 Å². The molecule has 2 aliphatic heterocycles. The van der Waals surface area contributed by atoms with Gasteiger partial charge in [0.25, 0.3) is 11.5 Å². The number of nitrogens with zero attached hydrogens (tertiary/aromatic N) is 2. The van der Waals surface area contributed by atoms with Gasteiger partial charge in [0.1, 0.15) is 11.4 Å². The van der Waals surface area contributed by atoms with Gasteiger partial charge in [-0.2, -0.15) is 0 Å². The van der Waals surface area contributed by atoms with E-state index >= 15 is 0 Å². The van der Waals surface area contributed by atoms with Crippen molar-refractivity contribution in [2.75, 3.05) is 0 Å². The van der Waals surface area contributed by atoms with Crippen LogP contribution in [-0.4, -0.2) is 38.7 Å². The van der Waals surface area contributed by atoms with E-state index < -0.39 is 5.56 Å². The maximum absolute atomic E-state index is 13.2. The summed E-state index contributed by atoms with van der Waals surface area (Å²) in [5.41, 5.74) is 0.906. The topological polar surface area (TPSA) is 62.5 Å². The summed E-state index contributed by atoms with van der Waals surface area (Å²) >= 11 is 0. The lowest BCUT2D eigenvalue weighted by Crippen LogP contribution is -2.49. The van der Waals surface area contributed by atoms with Crippen molar-refractivity contribution >= 4 is 5.91 Å². The van der Waals surface area contributed by atoms with Gasteiger partial charge in [-0.1, -0.05) is 0 Å². The third-order valence-electron chi connectivity index (χ3n) is 5.56. The fourth-order valence-corrected chi connectivity index (χ4v) is 4.30. The monoisotopic (exact) mass is 356 g/mol. The van der Waals surface area contributed by atoms with Crippen molar-refractivity contribution in [2.24, 2.45) is 0 Å². The van der Waals surface area contributed by atoms with Gasteiger partial charge in [0, 0.05) is 24.0 Å². The summed E-state index contributed by atoms with van der Waals surface area (Å²) in [6.45, 7) is 1.75. The molecule has 0 aliphatic carbocycles. The molecule has 2 aromatic rings. The minimum absolute atomic E-state index is 0.00507. The predicted molar refractivity (Wildman–Crippen MR) is 95.0 cm³/mol. The minimum Gasteiger partial charge on any atom is -0.393 e. The number of piperidine rings is 1. The zero-order chi connectivity index (χ0) is 18.4. The molecule has 0 spiro atoms. The lowest BCUT2D eigenvalue weighted by Gasteiger charge is -2.37. The lowest BCUT2D eigenvalue weighted by molar-refractivity contribution is 0.0285. The van der Waals surface area contributed by atoms with E-state index in [0.29, 0.717) is 24.1 Å². The number of carbonyl (C=O) groups is 1. The zero-order valence-electron chi connectivity index (χ0n) is 14.6. The highest BCUT2D eigenvalue weighted by Crippen LogP contribution is 2.36. The van der Waals surface area contributed by atoms with Crippen molar-refractivity contribution in [3.8, 4) is 5.69 Å². The van der Waals surface area contributed by atoms with Gasteiger partial charge in [-0.25, -0.2) is 4.39 Å². The van der Waals surface area contributed by atoms with Crippen LogP contribution in [0.5, 0.6) is 0 Å². The molecule has 3 atom stereocenters. The van der Waals surface area contributed by atoms with Crippen LogP contribution in [0.15, 0.2) is 41.3 Å². The number of aryl methyl sites for hydroxylation is 1. The molecule has 0 radical (unpaired) electrons. The van der Waals surface area contributed by atoms with Crippen molar-refractivity contribution < 1.29 is 14.3 Å². The number of hydrogen-bond acceptors (Lipinski definition) is 3. The Bertz CT molecular complexity index is 892. The first-order valence-electron chi connectivity index (χ1n) is 8.94. The second-order valence-corrected chi connectivity index (χ2v) is 7.25. The number of benzene rings is 1. The molecule has 1 unspecified atom stereocenters. The molecule has 1 aromatic heterocycles. The van der Waals surface area contributed by atoms with Gasteiger partial charge in [0.15, 0.2) is 0 Å². The van der Waals surface area contributed by atoms with E-state index in [-0.39, 0.29) is 35.5 Å². The fraction of sp³-hybridized carbons (Fsp3) is 0.400. The SMILES string of the molecule is Cc1ccn(-c2ccc(F)cc2)c(=O)c1C(=O)N1[C@@H]2CC[C@H]1CC(O)C2. The van der Waals surface area contributed by atoms with Crippen LogP contribution in [0.2, 0.25) is 0 Å². The molecule has 2 aliphatic rings. The maximum atomic E-state index is 13.2. The van der Waals surface area contributed by atoms with Gasteiger partial charge in [-0.3, -0.25) is 14.2 Å². The van der Waals surface area contributed by atoms with Gasteiger partial charge in [0.2, 0.25) is 0 Å². The maximum Gasteiger partial charge on any atom is 0.268 e. The molecule has 1 amide bonds. The quantitative estimate of drug-likeness (QED) is 0.899. The van der Waals surface area contributed by atoms with Crippen molar-refractivity contribution in [1.82, 2.24) is 9.47 Å². The highest BCUT2D eigenvalue weighted by atomic mass is 19.1. The summed E-state index contributed by atoms with van der Waals surface area (Å²) in [5.74, 6) is -0.642. The third kappa shape index (κ3) is 2.74. The molecule has 6 heteroatoms. The highest BCUT2D eigenvalue weighted by molar-refractivity contribution is 5.96. The predicted octanol–water partition coefficient (Wildman–Crippen LogP) is 2.41. The normalized spacial score (nSPS) is 24.7. The van der Waals surface area contributed by atoms with Crippen LogP contribution in [-0.2, 0) is 0 Å². The number of carbonyl (C=O) groups excluding carboxylic acids is 1. The Balaban J connectivity index is 1.75. The largest absolute Gasteiger partial charge is 0.393 e. The van der Waals surface area contributed by atoms with Crippen LogP contribution in [0.4, 0.5) is 4.39 Å². The summed E-state index contributed by atoms with van der Waals surface area (Å²) in [6.07, 6.45) is 4.11. The molecule has 3 heterocycles. The number of aliphatic hydroxyl groups excluding tert-OH is 1. The molecule has 5 nitrogen and oxygen atoms in total. The first kappa shape index (κ1) is 17.0. The van der Waals surface area contributed by atoms with Crippen molar-refractivity contribution in [3.05, 3.63) is 63.8 Å². The molecule has 136 valence electrons. The van der Waals surface area contributed by atoms with Crippen molar-refractivity contribution in [3.63, 3.8) is 0 Å². The average Bonchev–Trinajstić information content (AvgIpc) is 2.87. The number of aliphatic hydroxyl groups is 1. The van der Waals surface area contributed by atoms with E-state index in [9.17, 15) is 19.1 Å². The molecule has 1 aromatic carbocycles. The average molecular weight is 356 g/mol. The van der Waals surface area contributed by atoms with Crippen LogP contribution in [0.25, 0.3) is 5.69 Å². The van der Waals surface area contributed by atoms with Gasteiger partial charge in [-0.05, 0) is 68.5 Å². The Hall–Kier alpha value is -2.47. The van der Waals surface area contributed by atoms with E-state index in [2.05, 4.69) is 0 Å². The third-order valence-corrected chi connectivity index (χ3v) is 5.56. The standard InChI is InChI=1S/C20H21FN2O3/c1-12-8-9-22(14-4-2-13(21)3-5-14)19(25)18(12)20(26)23-15-6-7-16(23)11-17(24)10-15/h2-5,8-9,15-17,24H,6-7,10-11H2,1H3/t15-,16+,17?. The number of rotatable bonds is 2. The van der Waals surface area contributed by atoms with E-state index in [1.165, 1.54) is 28.8 Å². The number of pyridine rings is 1. The summed E-state index contributed by atoms with van der Waals surface area (Å²) in [4.78, 5) is 28.0. The van der Waals surface area contributed by atoms with Gasteiger partial charge in [0.05, 0.1) is 6.10 Å². The van der Waals surface area contributed by atoms with E-state index in [1.807, 2.05) is 0 Å². The molecular weight excluding hydrogens is 335 g/mol. The van der Waals surface area contributed by atoms with E-state index in [0.717, 1.165) is 12.8 Å². The van der Waals surface area contributed by atoms with Crippen LogP contribution in [0, 0.1) is 12.7 Å². The highest BCUT2D eigenvalue weighted by Gasteiger charge is 2.43. The number of aromatic nitrogens is 1. The van der Waals surface area contributed by atoms with Crippen molar-refractivity contribution in [1.29, 1.82) is 0 Å². The first-order valence-corrected chi connectivity index (χ1v) is 8.94. The Morgan fingerprint density at radius 1 is 1.12 bits per heavy atom. The second-order valence-electron chi connectivity index (χ2n) is 7.25. The first-order chi connectivity index (χ1) is 12.5. The lowest BCUT2D eigenvalue weighted by atomic mass is 9.98. The van der Waals surface area contributed by atoms with Crippen LogP contribution in [0.1, 0.15) is 41.6 Å². The molecule has 26 heavy (non-hydrogen) atoms. The number of hydrogen-bond donors (Lipinski definition) is 1. The van der Waals surface area contributed by atoms with E-state index in [1.54, 1.807) is 24.1 Å². The van der Waals surface area contributed by atoms with Gasteiger partial charge in [-0.15, -0.1) is 0 Å². The molecule has 2 bridgehead atoms.